The Balaban J connectivity index is 1.59. The summed E-state index contributed by atoms with van der Waals surface area (Å²) in [4.78, 5) is 19.2. The van der Waals surface area contributed by atoms with Crippen LogP contribution in [0.4, 0.5) is 14.5 Å². The monoisotopic (exact) mass is 447 g/mol. The maximum absolute atomic E-state index is 14.1. The van der Waals surface area contributed by atoms with E-state index in [1.165, 1.54) is 48.4 Å². The second-order valence-electron chi connectivity index (χ2n) is 7.72. The van der Waals surface area contributed by atoms with Crippen molar-refractivity contribution in [3.8, 4) is 5.75 Å². The Morgan fingerprint density at radius 1 is 1.00 bits per heavy atom. The van der Waals surface area contributed by atoms with E-state index >= 15 is 0 Å². The van der Waals surface area contributed by atoms with Crippen LogP contribution in [0.15, 0.2) is 86.0 Å². The number of fused-ring (bicyclic) bond motifs is 5. The molecule has 0 unspecified atom stereocenters. The van der Waals surface area contributed by atoms with Crippen molar-refractivity contribution < 1.29 is 17.9 Å². The Hall–Kier alpha value is -3.45. The SMILES string of the molecule is O=c1c([C@H]2Sc3ccccc3N=C3c4cc(F)ccc4OC[C@@H]32)coc2ccc(F)cc12. The molecule has 0 spiro atoms. The number of hydrogen-bond acceptors (Lipinski definition) is 5. The van der Waals surface area contributed by atoms with Crippen LogP contribution in [0.25, 0.3) is 11.0 Å². The smallest absolute Gasteiger partial charge is 0.197 e. The Bertz CT molecular complexity index is 1480. The minimum absolute atomic E-state index is 0.183. The summed E-state index contributed by atoms with van der Waals surface area (Å²) in [7, 11) is 0. The van der Waals surface area contributed by atoms with Gasteiger partial charge in [-0.2, -0.15) is 0 Å². The lowest BCUT2D eigenvalue weighted by Crippen LogP contribution is -2.33. The quantitative estimate of drug-likeness (QED) is 0.357. The van der Waals surface area contributed by atoms with Gasteiger partial charge in [-0.3, -0.25) is 9.79 Å². The fourth-order valence-electron chi connectivity index (χ4n) is 4.25. The number of aliphatic imine (C=N–C) groups is 1. The molecule has 0 N–H and O–H groups in total. The molecule has 1 aromatic heterocycles. The molecule has 3 aromatic carbocycles. The molecule has 0 saturated heterocycles. The van der Waals surface area contributed by atoms with E-state index in [2.05, 4.69) is 0 Å². The highest BCUT2D eigenvalue weighted by atomic mass is 32.2. The standard InChI is InChI=1S/C25H15F2NO3S/c26-13-5-7-20-15(9-13)23-17(11-30-20)25(32-22-4-2-1-3-19(22)28-23)18-12-31-21-8-6-14(27)10-16(21)24(18)29/h1-10,12,17,25H,11H2/t17-,25-/m0/s1. The largest absolute Gasteiger partial charge is 0.492 e. The third kappa shape index (κ3) is 3.04. The second-order valence-corrected chi connectivity index (χ2v) is 8.91. The average molecular weight is 447 g/mol. The van der Waals surface area contributed by atoms with Crippen molar-refractivity contribution in [2.75, 3.05) is 6.61 Å². The van der Waals surface area contributed by atoms with Crippen molar-refractivity contribution in [3.63, 3.8) is 0 Å². The number of hydrogen-bond donors (Lipinski definition) is 0. The van der Waals surface area contributed by atoms with Crippen molar-refractivity contribution in [3.05, 3.63) is 99.9 Å². The molecule has 4 aromatic rings. The molecular weight excluding hydrogens is 432 g/mol. The van der Waals surface area contributed by atoms with Crippen LogP contribution in [-0.4, -0.2) is 12.3 Å². The van der Waals surface area contributed by atoms with Crippen LogP contribution in [0.1, 0.15) is 16.4 Å². The highest BCUT2D eigenvalue weighted by Gasteiger charge is 2.39. The van der Waals surface area contributed by atoms with Crippen molar-refractivity contribution in [1.29, 1.82) is 0 Å². The summed E-state index contributed by atoms with van der Waals surface area (Å²) >= 11 is 1.48. The first-order chi connectivity index (χ1) is 15.6. The first-order valence-electron chi connectivity index (χ1n) is 10.1. The molecule has 4 nitrogen and oxygen atoms in total. The van der Waals surface area contributed by atoms with E-state index in [-0.39, 0.29) is 23.3 Å². The van der Waals surface area contributed by atoms with Gasteiger partial charge in [-0.15, -0.1) is 11.8 Å². The maximum Gasteiger partial charge on any atom is 0.197 e. The van der Waals surface area contributed by atoms with Gasteiger partial charge in [0.15, 0.2) is 5.43 Å². The molecule has 3 heterocycles. The summed E-state index contributed by atoms with van der Waals surface area (Å²) in [6.07, 6.45) is 1.44. The Morgan fingerprint density at radius 3 is 2.72 bits per heavy atom. The van der Waals surface area contributed by atoms with Gasteiger partial charge < -0.3 is 9.15 Å². The van der Waals surface area contributed by atoms with Crippen molar-refractivity contribution >= 4 is 34.1 Å². The molecule has 2 aliphatic rings. The third-order valence-electron chi connectivity index (χ3n) is 5.78. The summed E-state index contributed by atoms with van der Waals surface area (Å²) in [6.45, 7) is 0.268. The van der Waals surface area contributed by atoms with E-state index in [9.17, 15) is 13.6 Å². The normalized spacial score (nSPS) is 19.2. The molecule has 2 aliphatic heterocycles. The van der Waals surface area contributed by atoms with Gasteiger partial charge in [-0.05, 0) is 48.5 Å². The fraction of sp³-hybridized carbons (Fsp3) is 0.120. The Morgan fingerprint density at radius 2 is 1.81 bits per heavy atom. The van der Waals surface area contributed by atoms with Gasteiger partial charge in [0.25, 0.3) is 0 Å². The van der Waals surface area contributed by atoms with E-state index < -0.39 is 16.9 Å². The van der Waals surface area contributed by atoms with Crippen LogP contribution in [-0.2, 0) is 0 Å². The summed E-state index contributed by atoms with van der Waals surface area (Å²) in [5, 5.41) is -0.236. The molecule has 2 atom stereocenters. The molecule has 0 amide bonds. The molecule has 0 aliphatic carbocycles. The average Bonchev–Trinajstić information content (AvgIpc) is 2.97. The molecular formula is C25H15F2NO3S. The maximum atomic E-state index is 14.1. The number of ether oxygens (including phenoxy) is 1. The van der Waals surface area contributed by atoms with Crippen LogP contribution in [0, 0.1) is 17.6 Å². The van der Waals surface area contributed by atoms with Gasteiger partial charge in [0, 0.05) is 16.0 Å². The van der Waals surface area contributed by atoms with Crippen LogP contribution in [0.5, 0.6) is 5.75 Å². The van der Waals surface area contributed by atoms with Crippen molar-refractivity contribution in [2.24, 2.45) is 10.9 Å². The summed E-state index contributed by atoms with van der Waals surface area (Å²) < 4.78 is 39.7. The Labute approximate surface area is 185 Å². The highest BCUT2D eigenvalue weighted by molar-refractivity contribution is 7.99. The molecule has 7 heteroatoms. The lowest BCUT2D eigenvalue weighted by molar-refractivity contribution is 0.270. The van der Waals surface area contributed by atoms with Crippen LogP contribution in [0.3, 0.4) is 0 Å². The minimum atomic E-state index is -0.506. The zero-order valence-corrected chi connectivity index (χ0v) is 17.4. The fourth-order valence-corrected chi connectivity index (χ4v) is 5.58. The number of thioether (sulfide) groups is 1. The molecule has 0 bridgehead atoms. The van der Waals surface area contributed by atoms with Crippen LogP contribution < -0.4 is 10.2 Å². The zero-order chi connectivity index (χ0) is 21.8. The van der Waals surface area contributed by atoms with E-state index in [1.54, 1.807) is 6.07 Å². The van der Waals surface area contributed by atoms with Gasteiger partial charge in [0.05, 0.1) is 40.8 Å². The van der Waals surface area contributed by atoms with Crippen molar-refractivity contribution in [2.45, 2.75) is 10.1 Å². The van der Waals surface area contributed by atoms with Crippen molar-refractivity contribution in [1.82, 2.24) is 0 Å². The lowest BCUT2D eigenvalue weighted by atomic mass is 9.88. The van der Waals surface area contributed by atoms with E-state index in [4.69, 9.17) is 14.1 Å². The number of halogens is 2. The van der Waals surface area contributed by atoms with Gasteiger partial charge in [-0.25, -0.2) is 8.78 Å². The van der Waals surface area contributed by atoms with Gasteiger partial charge in [0.2, 0.25) is 0 Å². The number of nitrogens with zero attached hydrogens (tertiary/aromatic N) is 1. The molecule has 158 valence electrons. The van der Waals surface area contributed by atoms with E-state index in [0.29, 0.717) is 28.2 Å². The van der Waals surface area contributed by atoms with Crippen LogP contribution >= 0.6 is 11.8 Å². The minimum Gasteiger partial charge on any atom is -0.492 e. The Kier molecular flexibility index (Phi) is 4.40. The highest BCUT2D eigenvalue weighted by Crippen LogP contribution is 2.49. The predicted molar refractivity (Wildman–Crippen MR) is 119 cm³/mol. The third-order valence-corrected chi connectivity index (χ3v) is 7.22. The summed E-state index contributed by atoms with van der Waals surface area (Å²) in [5.74, 6) is -0.681. The first-order valence-corrected chi connectivity index (χ1v) is 10.9. The predicted octanol–water partition coefficient (Wildman–Crippen LogP) is 6.05. The first kappa shape index (κ1) is 19.3. The van der Waals surface area contributed by atoms with Gasteiger partial charge in [0.1, 0.15) is 23.0 Å². The summed E-state index contributed by atoms with van der Waals surface area (Å²) in [6, 6.07) is 15.9. The number of benzene rings is 3. The molecule has 0 saturated carbocycles. The second kappa shape index (κ2) is 7.31. The zero-order valence-electron chi connectivity index (χ0n) is 16.5. The van der Waals surface area contributed by atoms with Crippen LogP contribution in [0.2, 0.25) is 0 Å². The van der Waals surface area contributed by atoms with Gasteiger partial charge in [-0.1, -0.05) is 12.1 Å². The summed E-state index contributed by atoms with van der Waals surface area (Å²) in [5.41, 5.74) is 2.39. The topological polar surface area (TPSA) is 51.8 Å². The van der Waals surface area contributed by atoms with E-state index in [0.717, 1.165) is 10.6 Å². The van der Waals surface area contributed by atoms with Gasteiger partial charge >= 0.3 is 0 Å². The molecule has 0 fully saturated rings. The molecule has 32 heavy (non-hydrogen) atoms. The number of para-hydroxylation sites is 1. The molecule has 6 rings (SSSR count). The molecule has 0 radical (unpaired) electrons. The lowest BCUT2D eigenvalue weighted by Gasteiger charge is -2.31. The van der Waals surface area contributed by atoms with E-state index in [1.807, 2.05) is 24.3 Å². The number of rotatable bonds is 1.